The zero-order valence-electron chi connectivity index (χ0n) is 18.3. The number of thiocarbonyl (C=S) groups is 1. The topological polar surface area (TPSA) is 54.3 Å². The molecule has 1 fully saturated rings. The van der Waals surface area contributed by atoms with Crippen LogP contribution < -0.4 is 10.2 Å². The van der Waals surface area contributed by atoms with Gasteiger partial charge in [0.1, 0.15) is 5.57 Å². The molecule has 5 nitrogen and oxygen atoms in total. The Labute approximate surface area is 224 Å². The lowest BCUT2D eigenvalue weighted by Gasteiger charge is -2.29. The molecule has 1 saturated heterocycles. The maximum Gasteiger partial charge on any atom is 0.270 e. The number of carbonyl (C=O) groups excluding carboxylic acids is 2. The van der Waals surface area contributed by atoms with Crippen LogP contribution in [-0.2, 0) is 16.6 Å². The van der Waals surface area contributed by atoms with Crippen molar-refractivity contribution in [2.24, 2.45) is 7.05 Å². The van der Waals surface area contributed by atoms with Crippen LogP contribution in [-0.4, -0.2) is 21.5 Å². The fourth-order valence-corrected chi connectivity index (χ4v) is 5.58. The summed E-state index contributed by atoms with van der Waals surface area (Å²) in [6.07, 6.45) is 1.66. The Kier molecular flexibility index (Phi) is 6.55. The number of carbonyl (C=O) groups is 2. The van der Waals surface area contributed by atoms with Gasteiger partial charge in [0.15, 0.2) is 5.11 Å². The van der Waals surface area contributed by atoms with Crippen LogP contribution in [0.5, 0.6) is 0 Å². The van der Waals surface area contributed by atoms with Gasteiger partial charge in [0.25, 0.3) is 11.8 Å². The molecule has 4 aromatic rings. The highest BCUT2D eigenvalue weighted by molar-refractivity contribution is 9.10. The number of benzene rings is 3. The third-order valence-corrected chi connectivity index (χ3v) is 7.85. The van der Waals surface area contributed by atoms with Gasteiger partial charge in [-0.15, -0.1) is 0 Å². The Balaban J connectivity index is 1.64. The lowest BCUT2D eigenvalue weighted by molar-refractivity contribution is -0.122. The lowest BCUT2D eigenvalue weighted by Crippen LogP contribution is -2.54. The minimum absolute atomic E-state index is 0.00237. The summed E-state index contributed by atoms with van der Waals surface area (Å²) >= 11 is 16.4. The number of amides is 2. The molecular weight excluding hydrogens is 566 g/mol. The molecule has 174 valence electrons. The van der Waals surface area contributed by atoms with Gasteiger partial charge >= 0.3 is 0 Å². The van der Waals surface area contributed by atoms with Gasteiger partial charge in [-0.25, -0.2) is 0 Å². The molecule has 0 atom stereocenters. The summed E-state index contributed by atoms with van der Waals surface area (Å²) in [5, 5.41) is 5.07. The van der Waals surface area contributed by atoms with Crippen molar-refractivity contribution in [3.63, 3.8) is 0 Å². The standard InChI is InChI=1S/C26H17BrClN3O2S2/c1-30-22-5-3-2-4-19(22)20(25(30)35-18-12-6-15(27)7-13-18)14-21-23(32)29-26(34)31(24(21)33)17-10-8-16(28)9-11-17/h2-14H,1H3,(H,29,32,34). The van der Waals surface area contributed by atoms with Crippen LogP contribution in [0.2, 0.25) is 5.02 Å². The highest BCUT2D eigenvalue weighted by atomic mass is 79.9. The number of nitrogens with one attached hydrogen (secondary N) is 1. The van der Waals surface area contributed by atoms with E-state index in [4.69, 9.17) is 23.8 Å². The number of hydrogen-bond donors (Lipinski definition) is 1. The summed E-state index contributed by atoms with van der Waals surface area (Å²) in [4.78, 5) is 28.8. The summed E-state index contributed by atoms with van der Waals surface area (Å²) in [6, 6.07) is 22.6. The third kappa shape index (κ3) is 4.54. The smallest absolute Gasteiger partial charge is 0.270 e. The Morgan fingerprint density at radius 1 is 1.00 bits per heavy atom. The van der Waals surface area contributed by atoms with Gasteiger partial charge in [0.2, 0.25) is 0 Å². The molecule has 1 N–H and O–H groups in total. The first-order valence-corrected chi connectivity index (χ1v) is 12.9. The number of anilines is 1. The van der Waals surface area contributed by atoms with E-state index in [1.165, 1.54) is 4.90 Å². The third-order valence-electron chi connectivity index (χ3n) is 5.59. The van der Waals surface area contributed by atoms with Crippen molar-refractivity contribution in [3.8, 4) is 0 Å². The SMILES string of the molecule is Cn1c(Sc2ccc(Br)cc2)c(C=C2C(=O)NC(=S)N(c3ccc(Cl)cc3)C2=O)c2ccccc21. The molecule has 2 heterocycles. The van der Waals surface area contributed by atoms with Crippen LogP contribution in [0.25, 0.3) is 17.0 Å². The van der Waals surface area contributed by atoms with Crippen molar-refractivity contribution in [2.75, 3.05) is 4.90 Å². The van der Waals surface area contributed by atoms with Crippen LogP contribution in [0.3, 0.4) is 0 Å². The van der Waals surface area contributed by atoms with E-state index in [0.29, 0.717) is 10.7 Å². The van der Waals surface area contributed by atoms with Crippen molar-refractivity contribution >= 4 is 91.1 Å². The van der Waals surface area contributed by atoms with E-state index in [0.717, 1.165) is 30.9 Å². The molecule has 2 amide bonds. The highest BCUT2D eigenvalue weighted by Gasteiger charge is 2.35. The number of halogens is 2. The minimum atomic E-state index is -0.530. The summed E-state index contributed by atoms with van der Waals surface area (Å²) in [6.45, 7) is 0. The molecule has 3 aromatic carbocycles. The maximum absolute atomic E-state index is 13.5. The molecule has 0 aliphatic carbocycles. The second kappa shape index (κ2) is 9.62. The molecule has 9 heteroatoms. The molecule has 0 saturated carbocycles. The van der Waals surface area contributed by atoms with E-state index in [2.05, 4.69) is 25.8 Å². The van der Waals surface area contributed by atoms with Gasteiger partial charge in [-0.1, -0.05) is 57.5 Å². The molecule has 0 bridgehead atoms. The fraction of sp³-hybridized carbons (Fsp3) is 0.0385. The van der Waals surface area contributed by atoms with Gasteiger partial charge in [-0.3, -0.25) is 19.8 Å². The molecule has 0 spiro atoms. The van der Waals surface area contributed by atoms with Crippen molar-refractivity contribution < 1.29 is 9.59 Å². The Bertz CT molecular complexity index is 1530. The zero-order chi connectivity index (χ0) is 24.7. The van der Waals surface area contributed by atoms with E-state index in [9.17, 15) is 9.59 Å². The van der Waals surface area contributed by atoms with E-state index in [-0.39, 0.29) is 10.7 Å². The number of fused-ring (bicyclic) bond motifs is 1. The van der Waals surface area contributed by atoms with Crippen molar-refractivity contribution in [1.29, 1.82) is 0 Å². The predicted octanol–water partition coefficient (Wildman–Crippen LogP) is 6.58. The molecule has 1 aliphatic rings. The van der Waals surface area contributed by atoms with Gasteiger partial charge < -0.3 is 4.57 Å². The van der Waals surface area contributed by atoms with Gasteiger partial charge in [-0.05, 0) is 72.9 Å². The molecule has 0 unspecified atom stereocenters. The summed E-state index contributed by atoms with van der Waals surface area (Å²) in [7, 11) is 1.98. The van der Waals surface area contributed by atoms with Gasteiger partial charge in [0.05, 0.1) is 10.7 Å². The highest BCUT2D eigenvalue weighted by Crippen LogP contribution is 2.38. The van der Waals surface area contributed by atoms with E-state index in [1.807, 2.05) is 55.6 Å². The van der Waals surface area contributed by atoms with E-state index >= 15 is 0 Å². The molecular formula is C26H17BrClN3O2S2. The fourth-order valence-electron chi connectivity index (χ4n) is 3.90. The van der Waals surface area contributed by atoms with Crippen molar-refractivity contribution in [3.05, 3.63) is 93.4 Å². The Morgan fingerprint density at radius 2 is 1.69 bits per heavy atom. The largest absolute Gasteiger partial charge is 0.338 e. The van der Waals surface area contributed by atoms with Gasteiger partial charge in [0, 0.05) is 37.9 Å². The normalized spacial score (nSPS) is 15.2. The minimum Gasteiger partial charge on any atom is -0.338 e. The average molecular weight is 583 g/mol. The van der Waals surface area contributed by atoms with E-state index < -0.39 is 11.8 Å². The average Bonchev–Trinajstić information content (AvgIpc) is 3.10. The van der Waals surface area contributed by atoms with Crippen LogP contribution in [0, 0.1) is 0 Å². The first kappa shape index (κ1) is 23.8. The number of hydrogen-bond acceptors (Lipinski definition) is 4. The molecule has 0 radical (unpaired) electrons. The maximum atomic E-state index is 13.5. The summed E-state index contributed by atoms with van der Waals surface area (Å²) in [5.74, 6) is -1.02. The Hall–Kier alpha value is -2.91. The van der Waals surface area contributed by atoms with Crippen molar-refractivity contribution in [2.45, 2.75) is 9.92 Å². The second-order valence-corrected chi connectivity index (χ2v) is 10.6. The van der Waals surface area contributed by atoms with Crippen LogP contribution >= 0.6 is 51.5 Å². The first-order valence-electron chi connectivity index (χ1n) is 10.5. The number of rotatable bonds is 4. The number of nitrogens with zero attached hydrogens (tertiary/aromatic N) is 2. The van der Waals surface area contributed by atoms with Crippen molar-refractivity contribution in [1.82, 2.24) is 9.88 Å². The van der Waals surface area contributed by atoms with Gasteiger partial charge in [-0.2, -0.15) is 0 Å². The summed E-state index contributed by atoms with van der Waals surface area (Å²) < 4.78 is 3.06. The monoisotopic (exact) mass is 581 g/mol. The summed E-state index contributed by atoms with van der Waals surface area (Å²) in [5.41, 5.74) is 2.31. The zero-order valence-corrected chi connectivity index (χ0v) is 22.3. The van der Waals surface area contributed by atoms with Crippen LogP contribution in [0.4, 0.5) is 5.69 Å². The second-order valence-electron chi connectivity index (χ2n) is 7.79. The first-order chi connectivity index (χ1) is 16.8. The predicted molar refractivity (Wildman–Crippen MR) is 149 cm³/mol. The van der Waals surface area contributed by atoms with Crippen LogP contribution in [0.1, 0.15) is 5.56 Å². The molecule has 5 rings (SSSR count). The Morgan fingerprint density at radius 3 is 2.40 bits per heavy atom. The molecule has 1 aliphatic heterocycles. The lowest BCUT2D eigenvalue weighted by atomic mass is 10.1. The number of para-hydroxylation sites is 1. The van der Waals surface area contributed by atoms with E-state index in [1.54, 1.807) is 42.1 Å². The quantitative estimate of drug-likeness (QED) is 0.168. The number of aryl methyl sites for hydroxylation is 1. The molecule has 35 heavy (non-hydrogen) atoms. The molecule has 1 aromatic heterocycles. The van der Waals surface area contributed by atoms with Crippen LogP contribution in [0.15, 0.2) is 92.8 Å². The number of aromatic nitrogens is 1.